The fourth-order valence-corrected chi connectivity index (χ4v) is 4.83. The van der Waals surface area contributed by atoms with Crippen molar-refractivity contribution in [2.24, 2.45) is 0 Å². The summed E-state index contributed by atoms with van der Waals surface area (Å²) in [5.41, 5.74) is 1.79. The number of ether oxygens (including phenoxy) is 1. The number of nitrogens with zero attached hydrogens (tertiary/aromatic N) is 4. The molecule has 0 radical (unpaired) electrons. The monoisotopic (exact) mass is 514 g/mol. The average Bonchev–Trinajstić information content (AvgIpc) is 3.35. The summed E-state index contributed by atoms with van der Waals surface area (Å²) in [5, 5.41) is 2.45. The maximum atomic E-state index is 14.3. The number of aromatic nitrogens is 1. The van der Waals surface area contributed by atoms with Gasteiger partial charge in [-0.1, -0.05) is 30.3 Å². The Bertz CT molecular complexity index is 1180. The molecule has 36 heavy (non-hydrogen) atoms. The molecule has 0 unspecified atom stereocenters. The molecule has 0 bridgehead atoms. The van der Waals surface area contributed by atoms with E-state index in [1.807, 2.05) is 4.90 Å². The fourth-order valence-electron chi connectivity index (χ4n) is 4.03. The van der Waals surface area contributed by atoms with Gasteiger partial charge in [-0.25, -0.2) is 18.6 Å². The SMILES string of the molecule is CCOC(=O)N1CCN(C(=O)c2csc(CN(Cc3ccc(F)cc3)Cc3ccccc3F)n2)CC1. The Balaban J connectivity index is 1.42. The molecule has 1 aromatic heterocycles. The average molecular weight is 515 g/mol. The molecule has 1 aliphatic heterocycles. The molecular formula is C26H28F2N4O3S. The summed E-state index contributed by atoms with van der Waals surface area (Å²) in [6.45, 7) is 4.92. The third-order valence-electron chi connectivity index (χ3n) is 5.89. The Labute approximate surface area is 212 Å². The third-order valence-corrected chi connectivity index (χ3v) is 6.73. The summed E-state index contributed by atoms with van der Waals surface area (Å²) >= 11 is 1.37. The zero-order valence-corrected chi connectivity index (χ0v) is 20.8. The number of halogens is 2. The number of thiazole rings is 1. The van der Waals surface area contributed by atoms with Gasteiger partial charge in [-0.2, -0.15) is 0 Å². The van der Waals surface area contributed by atoms with Crippen LogP contribution in [0.15, 0.2) is 53.9 Å². The first-order valence-corrected chi connectivity index (χ1v) is 12.7. The van der Waals surface area contributed by atoms with Gasteiger partial charge in [0.05, 0.1) is 13.2 Å². The van der Waals surface area contributed by atoms with Gasteiger partial charge in [0.2, 0.25) is 0 Å². The minimum Gasteiger partial charge on any atom is -0.450 e. The van der Waals surface area contributed by atoms with Crippen molar-refractivity contribution in [3.63, 3.8) is 0 Å². The van der Waals surface area contributed by atoms with E-state index in [4.69, 9.17) is 4.74 Å². The highest BCUT2D eigenvalue weighted by atomic mass is 32.1. The minimum absolute atomic E-state index is 0.180. The molecule has 0 saturated carbocycles. The van der Waals surface area contributed by atoms with Crippen molar-refractivity contribution >= 4 is 23.3 Å². The largest absolute Gasteiger partial charge is 0.450 e. The minimum atomic E-state index is -0.364. The van der Waals surface area contributed by atoms with E-state index >= 15 is 0 Å². The molecule has 4 rings (SSSR count). The number of piperazine rings is 1. The second-order valence-corrected chi connectivity index (χ2v) is 9.41. The van der Waals surface area contributed by atoms with Crippen molar-refractivity contribution in [1.29, 1.82) is 0 Å². The predicted octanol–water partition coefficient (Wildman–Crippen LogP) is 4.54. The lowest BCUT2D eigenvalue weighted by molar-refractivity contribution is 0.0566. The van der Waals surface area contributed by atoms with Crippen molar-refractivity contribution in [3.05, 3.63) is 87.4 Å². The number of amides is 2. The van der Waals surface area contributed by atoms with E-state index in [2.05, 4.69) is 4.98 Å². The van der Waals surface area contributed by atoms with E-state index < -0.39 is 0 Å². The first-order chi connectivity index (χ1) is 17.4. The van der Waals surface area contributed by atoms with E-state index in [0.29, 0.717) is 63.7 Å². The van der Waals surface area contributed by atoms with Gasteiger partial charge in [0.1, 0.15) is 22.3 Å². The highest BCUT2D eigenvalue weighted by molar-refractivity contribution is 7.09. The lowest BCUT2D eigenvalue weighted by atomic mass is 10.1. The van der Waals surface area contributed by atoms with Crippen LogP contribution in [0.1, 0.15) is 33.5 Å². The molecular weight excluding hydrogens is 486 g/mol. The summed E-state index contributed by atoms with van der Waals surface area (Å²) in [6.07, 6.45) is -0.364. The van der Waals surface area contributed by atoms with Crippen LogP contribution in [0, 0.1) is 11.6 Å². The molecule has 2 aromatic carbocycles. The standard InChI is InChI=1S/C26H28F2N4O3S/c1-2-35-26(34)32-13-11-31(12-14-32)25(33)23-18-36-24(29-23)17-30(15-19-7-9-21(27)10-8-19)16-20-5-3-4-6-22(20)28/h3-10,18H,2,11-17H2,1H3. The van der Waals surface area contributed by atoms with Crippen molar-refractivity contribution in [2.75, 3.05) is 32.8 Å². The van der Waals surface area contributed by atoms with Gasteiger partial charge >= 0.3 is 6.09 Å². The molecule has 10 heteroatoms. The van der Waals surface area contributed by atoms with E-state index in [0.717, 1.165) is 10.6 Å². The van der Waals surface area contributed by atoms with Gasteiger partial charge < -0.3 is 14.5 Å². The highest BCUT2D eigenvalue weighted by Crippen LogP contribution is 2.20. The predicted molar refractivity (Wildman–Crippen MR) is 132 cm³/mol. The van der Waals surface area contributed by atoms with E-state index in [9.17, 15) is 18.4 Å². The van der Waals surface area contributed by atoms with Crippen molar-refractivity contribution < 1.29 is 23.1 Å². The van der Waals surface area contributed by atoms with Crippen molar-refractivity contribution in [3.8, 4) is 0 Å². The Morgan fingerprint density at radius 2 is 1.67 bits per heavy atom. The van der Waals surface area contributed by atoms with Crippen LogP contribution >= 0.6 is 11.3 Å². The van der Waals surface area contributed by atoms with Crippen LogP contribution in [0.5, 0.6) is 0 Å². The normalized spacial score (nSPS) is 13.8. The second kappa shape index (κ2) is 12.0. The van der Waals surface area contributed by atoms with Gasteiger partial charge in [-0.05, 0) is 30.7 Å². The number of hydrogen-bond donors (Lipinski definition) is 0. The van der Waals surface area contributed by atoms with Gasteiger partial charge in [-0.3, -0.25) is 9.69 Å². The van der Waals surface area contributed by atoms with Crippen LogP contribution in [0.25, 0.3) is 0 Å². The molecule has 0 aliphatic carbocycles. The van der Waals surface area contributed by atoms with Crippen molar-refractivity contribution in [1.82, 2.24) is 19.7 Å². The molecule has 3 aromatic rings. The molecule has 1 fully saturated rings. The number of carbonyl (C=O) groups excluding carboxylic acids is 2. The fraction of sp³-hybridized carbons (Fsp3) is 0.346. The molecule has 2 amide bonds. The number of rotatable bonds is 8. The van der Waals surface area contributed by atoms with Crippen LogP contribution in [0.3, 0.4) is 0 Å². The van der Waals surface area contributed by atoms with Crippen molar-refractivity contribution in [2.45, 2.75) is 26.6 Å². The van der Waals surface area contributed by atoms with E-state index in [-0.39, 0.29) is 23.6 Å². The first kappa shape index (κ1) is 25.7. The lowest BCUT2D eigenvalue weighted by Gasteiger charge is -2.33. The molecule has 1 saturated heterocycles. The van der Waals surface area contributed by atoms with Gasteiger partial charge in [-0.15, -0.1) is 11.3 Å². The molecule has 0 atom stereocenters. The summed E-state index contributed by atoms with van der Waals surface area (Å²) in [4.78, 5) is 34.7. The molecule has 0 N–H and O–H groups in total. The van der Waals surface area contributed by atoms with Crippen LogP contribution < -0.4 is 0 Å². The Morgan fingerprint density at radius 3 is 2.36 bits per heavy atom. The zero-order chi connectivity index (χ0) is 25.5. The number of benzene rings is 2. The lowest BCUT2D eigenvalue weighted by Crippen LogP contribution is -2.50. The maximum Gasteiger partial charge on any atom is 0.409 e. The van der Waals surface area contributed by atoms with Crippen LogP contribution in [-0.2, 0) is 24.4 Å². The van der Waals surface area contributed by atoms with Gasteiger partial charge in [0, 0.05) is 50.2 Å². The van der Waals surface area contributed by atoms with E-state index in [1.165, 1.54) is 29.5 Å². The second-order valence-electron chi connectivity index (χ2n) is 8.47. The molecule has 0 spiro atoms. The Morgan fingerprint density at radius 1 is 0.972 bits per heavy atom. The summed E-state index contributed by atoms with van der Waals surface area (Å²) in [5.74, 6) is -0.788. The Kier molecular flexibility index (Phi) is 8.61. The van der Waals surface area contributed by atoms with Gasteiger partial charge in [0.25, 0.3) is 5.91 Å². The zero-order valence-electron chi connectivity index (χ0n) is 20.0. The smallest absolute Gasteiger partial charge is 0.409 e. The quantitative estimate of drug-likeness (QED) is 0.442. The number of carbonyl (C=O) groups is 2. The topological polar surface area (TPSA) is 66.0 Å². The number of hydrogen-bond acceptors (Lipinski definition) is 6. The van der Waals surface area contributed by atoms with Crippen LogP contribution in [-0.4, -0.2) is 64.5 Å². The molecule has 190 valence electrons. The van der Waals surface area contributed by atoms with E-state index in [1.54, 1.807) is 52.4 Å². The Hall–Kier alpha value is -3.37. The summed E-state index contributed by atoms with van der Waals surface area (Å²) < 4.78 is 32.7. The summed E-state index contributed by atoms with van der Waals surface area (Å²) in [6, 6.07) is 12.8. The molecule has 1 aliphatic rings. The summed E-state index contributed by atoms with van der Waals surface area (Å²) in [7, 11) is 0. The van der Waals surface area contributed by atoms with Gasteiger partial charge in [0.15, 0.2) is 0 Å². The maximum absolute atomic E-state index is 14.3. The third kappa shape index (κ3) is 6.64. The van der Waals surface area contributed by atoms with Crippen LogP contribution in [0.2, 0.25) is 0 Å². The first-order valence-electron chi connectivity index (χ1n) is 11.8. The molecule has 2 heterocycles. The van der Waals surface area contributed by atoms with Crippen LogP contribution in [0.4, 0.5) is 13.6 Å². The highest BCUT2D eigenvalue weighted by Gasteiger charge is 2.27. The molecule has 7 nitrogen and oxygen atoms in total.